The first-order valence-electron chi connectivity index (χ1n) is 4.88. The van der Waals surface area contributed by atoms with Crippen LogP contribution in [0.2, 0.25) is 0 Å². The summed E-state index contributed by atoms with van der Waals surface area (Å²) in [5.74, 6) is -0.506. The van der Waals surface area contributed by atoms with Crippen molar-refractivity contribution in [3.8, 4) is 5.75 Å². The normalized spacial score (nSPS) is 12.1. The molecule has 0 aliphatic rings. The zero-order valence-corrected chi connectivity index (χ0v) is 8.67. The molecular formula is C11H14O5. The maximum Gasteiger partial charge on any atom is 0.335 e. The van der Waals surface area contributed by atoms with Gasteiger partial charge in [0.15, 0.2) is 0 Å². The molecule has 0 radical (unpaired) electrons. The molecule has 0 bridgehead atoms. The number of carboxylic acid groups (broad SMARTS) is 1. The second-order valence-corrected chi connectivity index (χ2v) is 3.31. The van der Waals surface area contributed by atoms with Crippen LogP contribution in [0, 0.1) is 0 Å². The molecule has 1 aromatic carbocycles. The number of benzene rings is 1. The highest BCUT2D eigenvalue weighted by molar-refractivity contribution is 5.87. The van der Waals surface area contributed by atoms with Crippen molar-refractivity contribution in [1.82, 2.24) is 0 Å². The Bertz CT molecular complexity index is 333. The van der Waals surface area contributed by atoms with Gasteiger partial charge in [-0.1, -0.05) is 0 Å². The van der Waals surface area contributed by atoms with Gasteiger partial charge in [-0.2, -0.15) is 0 Å². The lowest BCUT2D eigenvalue weighted by Gasteiger charge is -2.10. The molecule has 0 amide bonds. The van der Waals surface area contributed by atoms with Crippen LogP contribution in [0.15, 0.2) is 24.3 Å². The first-order valence-corrected chi connectivity index (χ1v) is 4.88. The Morgan fingerprint density at radius 1 is 1.31 bits per heavy atom. The molecule has 1 aromatic rings. The van der Waals surface area contributed by atoms with Crippen LogP contribution in [0.25, 0.3) is 0 Å². The number of ether oxygens (including phenoxy) is 1. The van der Waals surface area contributed by atoms with Gasteiger partial charge < -0.3 is 20.1 Å². The van der Waals surface area contributed by atoms with Gasteiger partial charge in [-0.15, -0.1) is 0 Å². The lowest BCUT2D eigenvalue weighted by atomic mass is 10.2. The molecule has 0 aromatic heterocycles. The highest BCUT2D eigenvalue weighted by Crippen LogP contribution is 2.12. The third-order valence-corrected chi connectivity index (χ3v) is 2.01. The van der Waals surface area contributed by atoms with Crippen molar-refractivity contribution in [3.63, 3.8) is 0 Å². The summed E-state index contributed by atoms with van der Waals surface area (Å²) in [7, 11) is 0. The second kappa shape index (κ2) is 6.09. The number of aromatic carboxylic acids is 1. The molecule has 0 aliphatic heterocycles. The van der Waals surface area contributed by atoms with E-state index < -0.39 is 12.1 Å². The summed E-state index contributed by atoms with van der Waals surface area (Å²) in [6, 6.07) is 5.90. The predicted molar refractivity (Wildman–Crippen MR) is 56.6 cm³/mol. The summed E-state index contributed by atoms with van der Waals surface area (Å²) in [4.78, 5) is 10.6. The van der Waals surface area contributed by atoms with E-state index in [1.54, 1.807) is 0 Å². The average Bonchev–Trinajstić information content (AvgIpc) is 2.27. The van der Waals surface area contributed by atoms with Gasteiger partial charge in [-0.3, -0.25) is 0 Å². The summed E-state index contributed by atoms with van der Waals surface area (Å²) in [6.45, 7) is -0.0184. The minimum Gasteiger partial charge on any atom is -0.491 e. The molecule has 3 N–H and O–H groups in total. The Morgan fingerprint density at radius 2 is 1.94 bits per heavy atom. The first-order chi connectivity index (χ1) is 7.63. The van der Waals surface area contributed by atoms with Crippen LogP contribution in [0.1, 0.15) is 16.8 Å². The van der Waals surface area contributed by atoms with Crippen molar-refractivity contribution in [3.05, 3.63) is 29.8 Å². The van der Waals surface area contributed by atoms with E-state index in [2.05, 4.69) is 0 Å². The Hall–Kier alpha value is -1.59. The van der Waals surface area contributed by atoms with Gasteiger partial charge in [0.05, 0.1) is 11.7 Å². The highest BCUT2D eigenvalue weighted by atomic mass is 16.5. The molecule has 0 saturated carbocycles. The quantitative estimate of drug-likeness (QED) is 0.657. The number of carboxylic acids is 1. The summed E-state index contributed by atoms with van der Waals surface area (Å²) in [6.07, 6.45) is -0.461. The maximum absolute atomic E-state index is 10.6. The van der Waals surface area contributed by atoms with Gasteiger partial charge >= 0.3 is 5.97 Å². The average molecular weight is 226 g/mol. The third kappa shape index (κ3) is 3.88. The van der Waals surface area contributed by atoms with Crippen LogP contribution in [0.3, 0.4) is 0 Å². The van der Waals surface area contributed by atoms with Crippen molar-refractivity contribution >= 4 is 5.97 Å². The van der Waals surface area contributed by atoms with E-state index in [0.717, 1.165) is 0 Å². The molecule has 5 heteroatoms. The lowest BCUT2D eigenvalue weighted by molar-refractivity contribution is 0.0695. The van der Waals surface area contributed by atoms with E-state index >= 15 is 0 Å². The molecule has 0 fully saturated rings. The smallest absolute Gasteiger partial charge is 0.335 e. The van der Waals surface area contributed by atoms with Crippen LogP contribution in [0.4, 0.5) is 0 Å². The molecule has 0 saturated heterocycles. The van der Waals surface area contributed by atoms with Gasteiger partial charge in [0.25, 0.3) is 0 Å². The fourth-order valence-corrected chi connectivity index (χ4v) is 1.12. The zero-order valence-electron chi connectivity index (χ0n) is 8.67. The monoisotopic (exact) mass is 226 g/mol. The highest BCUT2D eigenvalue weighted by Gasteiger charge is 2.05. The Labute approximate surface area is 92.9 Å². The van der Waals surface area contributed by atoms with Crippen molar-refractivity contribution in [2.24, 2.45) is 0 Å². The minimum atomic E-state index is -0.994. The molecule has 88 valence electrons. The van der Waals surface area contributed by atoms with E-state index in [9.17, 15) is 9.90 Å². The van der Waals surface area contributed by atoms with Crippen molar-refractivity contribution in [1.29, 1.82) is 0 Å². The molecular weight excluding hydrogens is 212 g/mol. The van der Waals surface area contributed by atoms with Crippen molar-refractivity contribution < 1.29 is 24.9 Å². The summed E-state index contributed by atoms with van der Waals surface area (Å²) >= 11 is 0. The first kappa shape index (κ1) is 12.5. The Balaban J connectivity index is 2.46. The Kier molecular flexibility index (Phi) is 4.75. The van der Waals surface area contributed by atoms with Crippen LogP contribution < -0.4 is 4.74 Å². The van der Waals surface area contributed by atoms with Gasteiger partial charge in [-0.05, 0) is 30.7 Å². The maximum atomic E-state index is 10.6. The van der Waals surface area contributed by atoms with E-state index in [0.29, 0.717) is 5.75 Å². The van der Waals surface area contributed by atoms with Crippen LogP contribution in [-0.4, -0.2) is 40.6 Å². The molecule has 1 unspecified atom stereocenters. The molecule has 0 aliphatic carbocycles. The van der Waals surface area contributed by atoms with E-state index in [1.807, 2.05) is 0 Å². The molecule has 16 heavy (non-hydrogen) atoms. The Morgan fingerprint density at radius 3 is 2.44 bits per heavy atom. The topological polar surface area (TPSA) is 87.0 Å². The molecule has 1 atom stereocenters. The van der Waals surface area contributed by atoms with Crippen molar-refractivity contribution in [2.75, 3.05) is 13.2 Å². The van der Waals surface area contributed by atoms with Gasteiger partial charge in [-0.25, -0.2) is 4.79 Å². The summed E-state index contributed by atoms with van der Waals surface area (Å²) in [5, 5.41) is 26.5. The zero-order chi connectivity index (χ0) is 12.0. The fraction of sp³-hybridized carbons (Fsp3) is 0.364. The molecule has 5 nitrogen and oxygen atoms in total. The van der Waals surface area contributed by atoms with E-state index in [1.165, 1.54) is 24.3 Å². The predicted octanol–water partition coefficient (Wildman–Crippen LogP) is 0.507. The molecule has 0 spiro atoms. The number of rotatable bonds is 6. The van der Waals surface area contributed by atoms with Crippen LogP contribution >= 0.6 is 0 Å². The molecule has 0 heterocycles. The summed E-state index contributed by atoms with van der Waals surface area (Å²) < 4.78 is 5.20. The van der Waals surface area contributed by atoms with Crippen LogP contribution in [0.5, 0.6) is 5.75 Å². The van der Waals surface area contributed by atoms with E-state index in [4.69, 9.17) is 14.9 Å². The summed E-state index contributed by atoms with van der Waals surface area (Å²) in [5.41, 5.74) is 0.184. The van der Waals surface area contributed by atoms with Gasteiger partial charge in [0.2, 0.25) is 0 Å². The number of hydrogen-bond donors (Lipinski definition) is 3. The van der Waals surface area contributed by atoms with E-state index in [-0.39, 0.29) is 25.2 Å². The van der Waals surface area contributed by atoms with Crippen molar-refractivity contribution in [2.45, 2.75) is 12.5 Å². The second-order valence-electron chi connectivity index (χ2n) is 3.31. The number of carbonyl (C=O) groups is 1. The largest absolute Gasteiger partial charge is 0.491 e. The van der Waals surface area contributed by atoms with Gasteiger partial charge in [0.1, 0.15) is 12.4 Å². The van der Waals surface area contributed by atoms with Gasteiger partial charge in [0, 0.05) is 6.61 Å². The lowest BCUT2D eigenvalue weighted by Crippen LogP contribution is -2.18. The van der Waals surface area contributed by atoms with Crippen LogP contribution in [-0.2, 0) is 0 Å². The molecule has 1 rings (SSSR count). The standard InChI is InChI=1S/C11H14O5/c12-6-5-9(13)7-16-10-3-1-8(2-4-10)11(14)15/h1-4,9,12-13H,5-7H2,(H,14,15). The fourth-order valence-electron chi connectivity index (χ4n) is 1.12. The number of aliphatic hydroxyl groups excluding tert-OH is 2. The number of aliphatic hydroxyl groups is 2. The minimum absolute atomic E-state index is 0.0764. The SMILES string of the molecule is O=C(O)c1ccc(OCC(O)CCO)cc1. The third-order valence-electron chi connectivity index (χ3n) is 2.01. The number of hydrogen-bond acceptors (Lipinski definition) is 4.